The van der Waals surface area contributed by atoms with Crippen molar-refractivity contribution in [2.75, 3.05) is 6.54 Å². The number of nitrogens with zero attached hydrogens (tertiary/aromatic N) is 1. The van der Waals surface area contributed by atoms with Gasteiger partial charge in [-0.1, -0.05) is 6.07 Å². The zero-order chi connectivity index (χ0) is 17.3. The molecule has 0 aromatic carbocycles. The van der Waals surface area contributed by atoms with Crippen LogP contribution in [0.4, 0.5) is 0 Å². The highest BCUT2D eigenvalue weighted by molar-refractivity contribution is 6.62. The Hall–Kier alpha value is -1.93. The molecule has 124 valence electrons. The van der Waals surface area contributed by atoms with Gasteiger partial charge in [0.2, 0.25) is 0 Å². The Balaban J connectivity index is 2.00. The van der Waals surface area contributed by atoms with Crippen LogP contribution in [0.3, 0.4) is 0 Å². The minimum atomic E-state index is -0.964. The third kappa shape index (κ3) is 3.89. The lowest BCUT2D eigenvalue weighted by Gasteiger charge is -2.32. The highest BCUT2D eigenvalue weighted by Gasteiger charge is 2.51. The summed E-state index contributed by atoms with van der Waals surface area (Å²) in [4.78, 5) is 26.4. The van der Waals surface area contributed by atoms with Gasteiger partial charge in [0.25, 0.3) is 5.91 Å². The lowest BCUT2D eigenvalue weighted by Crippen LogP contribution is -2.41. The average Bonchev–Trinajstić information content (AvgIpc) is 2.67. The van der Waals surface area contributed by atoms with Crippen molar-refractivity contribution in [3.63, 3.8) is 0 Å². The van der Waals surface area contributed by atoms with E-state index in [4.69, 9.17) is 14.4 Å². The first kappa shape index (κ1) is 17.4. The number of carboxylic acid groups (broad SMARTS) is 1. The van der Waals surface area contributed by atoms with Crippen LogP contribution in [-0.4, -0.2) is 46.8 Å². The van der Waals surface area contributed by atoms with Gasteiger partial charge in [-0.25, -0.2) is 0 Å². The quantitative estimate of drug-likeness (QED) is 0.771. The van der Waals surface area contributed by atoms with E-state index in [1.807, 2.05) is 27.7 Å². The predicted molar refractivity (Wildman–Crippen MR) is 84.5 cm³/mol. The third-order valence-electron chi connectivity index (χ3n) is 4.17. The van der Waals surface area contributed by atoms with E-state index in [9.17, 15) is 9.59 Å². The maximum absolute atomic E-state index is 11.8. The fraction of sp³-hybridized carbons (Fsp3) is 0.533. The number of hydrogen-bond acceptors (Lipinski definition) is 5. The average molecular weight is 320 g/mol. The lowest BCUT2D eigenvalue weighted by molar-refractivity contribution is -0.136. The van der Waals surface area contributed by atoms with Crippen LogP contribution in [0.2, 0.25) is 0 Å². The summed E-state index contributed by atoms with van der Waals surface area (Å²) in [6.45, 7) is 7.92. The van der Waals surface area contributed by atoms with E-state index in [0.717, 1.165) is 5.46 Å². The first-order chi connectivity index (χ1) is 10.6. The molecule has 0 aliphatic carbocycles. The van der Waals surface area contributed by atoms with Gasteiger partial charge in [0.05, 0.1) is 17.6 Å². The van der Waals surface area contributed by atoms with Gasteiger partial charge in [0.15, 0.2) is 0 Å². The van der Waals surface area contributed by atoms with Gasteiger partial charge >= 0.3 is 13.1 Å². The summed E-state index contributed by atoms with van der Waals surface area (Å²) in [5.74, 6) is -1.37. The summed E-state index contributed by atoms with van der Waals surface area (Å²) < 4.78 is 11.8. The molecular weight excluding hydrogens is 299 g/mol. The van der Waals surface area contributed by atoms with Gasteiger partial charge in [0.1, 0.15) is 5.69 Å². The van der Waals surface area contributed by atoms with E-state index >= 15 is 0 Å². The SMILES string of the molecule is CC1(C)OB(c2ccc(C(=O)NCCC(=O)O)nc2)OC1(C)C. The van der Waals surface area contributed by atoms with Gasteiger partial charge in [0, 0.05) is 18.2 Å². The first-order valence-corrected chi connectivity index (χ1v) is 7.44. The topological polar surface area (TPSA) is 97.8 Å². The van der Waals surface area contributed by atoms with Crippen molar-refractivity contribution in [3.8, 4) is 0 Å². The van der Waals surface area contributed by atoms with Crippen LogP contribution in [0.5, 0.6) is 0 Å². The Bertz CT molecular complexity index is 584. The number of amides is 1. The second-order valence-corrected chi connectivity index (χ2v) is 6.46. The van der Waals surface area contributed by atoms with E-state index in [1.54, 1.807) is 12.1 Å². The van der Waals surface area contributed by atoms with Crippen LogP contribution < -0.4 is 10.8 Å². The molecule has 2 N–H and O–H groups in total. The summed E-state index contributed by atoms with van der Waals surface area (Å²) in [6.07, 6.45) is 1.41. The van der Waals surface area contributed by atoms with Crippen LogP contribution in [0.15, 0.2) is 18.3 Å². The van der Waals surface area contributed by atoms with Crippen LogP contribution in [0, 0.1) is 0 Å². The number of carboxylic acids is 1. The van der Waals surface area contributed by atoms with Crippen molar-refractivity contribution in [2.45, 2.75) is 45.3 Å². The number of rotatable bonds is 5. The van der Waals surface area contributed by atoms with Gasteiger partial charge < -0.3 is 19.7 Å². The van der Waals surface area contributed by atoms with Crippen LogP contribution in [0.25, 0.3) is 0 Å². The van der Waals surface area contributed by atoms with Crippen molar-refractivity contribution >= 4 is 24.5 Å². The summed E-state index contributed by atoms with van der Waals surface area (Å²) in [5.41, 5.74) is 0.0659. The van der Waals surface area contributed by atoms with Gasteiger partial charge in [-0.2, -0.15) is 0 Å². The van der Waals surface area contributed by atoms with Gasteiger partial charge in [-0.15, -0.1) is 0 Å². The Morgan fingerprint density at radius 1 is 1.22 bits per heavy atom. The Morgan fingerprint density at radius 3 is 2.30 bits per heavy atom. The predicted octanol–water partition coefficient (Wildman–Crippen LogP) is 0.585. The number of carbonyl (C=O) groups is 2. The lowest BCUT2D eigenvalue weighted by atomic mass is 9.80. The molecule has 0 saturated carbocycles. The molecule has 0 spiro atoms. The maximum Gasteiger partial charge on any atom is 0.496 e. The van der Waals surface area contributed by atoms with Crippen molar-refractivity contribution in [1.82, 2.24) is 10.3 Å². The third-order valence-corrected chi connectivity index (χ3v) is 4.17. The molecule has 1 aliphatic rings. The zero-order valence-corrected chi connectivity index (χ0v) is 13.8. The molecule has 0 radical (unpaired) electrons. The molecule has 1 aliphatic heterocycles. The van der Waals surface area contributed by atoms with E-state index in [1.165, 1.54) is 6.20 Å². The highest BCUT2D eigenvalue weighted by Crippen LogP contribution is 2.36. The molecule has 1 amide bonds. The van der Waals surface area contributed by atoms with Crippen molar-refractivity contribution in [1.29, 1.82) is 0 Å². The number of carbonyl (C=O) groups excluding carboxylic acids is 1. The standard InChI is InChI=1S/C15H21BN2O5/c1-14(2)15(3,4)23-16(22-14)10-5-6-11(18-9-10)13(21)17-8-7-12(19)20/h5-6,9H,7-8H2,1-4H3,(H,17,21)(H,19,20). The number of pyridine rings is 1. The number of nitrogens with one attached hydrogen (secondary N) is 1. The maximum atomic E-state index is 11.8. The minimum Gasteiger partial charge on any atom is -0.481 e. The molecule has 23 heavy (non-hydrogen) atoms. The smallest absolute Gasteiger partial charge is 0.481 e. The van der Waals surface area contributed by atoms with Gasteiger partial charge in [-0.3, -0.25) is 14.6 Å². The monoisotopic (exact) mass is 320 g/mol. The molecule has 1 fully saturated rings. The molecule has 0 unspecified atom stereocenters. The second-order valence-electron chi connectivity index (χ2n) is 6.46. The molecule has 1 saturated heterocycles. The Morgan fingerprint density at radius 2 is 1.83 bits per heavy atom. The summed E-state index contributed by atoms with van der Waals surface area (Å²) in [7, 11) is -0.531. The number of hydrogen-bond donors (Lipinski definition) is 2. The molecule has 2 rings (SSSR count). The van der Waals surface area contributed by atoms with Crippen molar-refractivity contribution in [3.05, 3.63) is 24.0 Å². The molecular formula is C15H21BN2O5. The van der Waals surface area contributed by atoms with Crippen molar-refractivity contribution < 1.29 is 24.0 Å². The zero-order valence-electron chi connectivity index (χ0n) is 13.8. The molecule has 2 heterocycles. The van der Waals surface area contributed by atoms with E-state index < -0.39 is 30.2 Å². The molecule has 8 heteroatoms. The molecule has 0 bridgehead atoms. The minimum absolute atomic E-state index is 0.0643. The number of aliphatic carboxylic acids is 1. The van der Waals surface area contributed by atoms with E-state index in [0.29, 0.717) is 0 Å². The molecule has 1 aromatic heterocycles. The fourth-order valence-electron chi connectivity index (χ4n) is 2.03. The van der Waals surface area contributed by atoms with Crippen LogP contribution in [0.1, 0.15) is 44.6 Å². The molecule has 7 nitrogen and oxygen atoms in total. The van der Waals surface area contributed by atoms with Gasteiger partial charge in [-0.05, 0) is 33.8 Å². The first-order valence-electron chi connectivity index (χ1n) is 7.44. The molecule has 0 atom stereocenters. The fourth-order valence-corrected chi connectivity index (χ4v) is 2.03. The Kier molecular flexibility index (Phi) is 4.77. The Labute approximate surface area is 135 Å². The summed E-state index contributed by atoms with van der Waals surface area (Å²) in [6, 6.07) is 3.29. The number of aromatic nitrogens is 1. The summed E-state index contributed by atoms with van der Waals surface area (Å²) in [5, 5.41) is 11.0. The van der Waals surface area contributed by atoms with E-state index in [-0.39, 0.29) is 18.7 Å². The van der Waals surface area contributed by atoms with E-state index in [2.05, 4.69) is 10.3 Å². The molecule has 1 aromatic rings. The second kappa shape index (κ2) is 6.29. The largest absolute Gasteiger partial charge is 0.496 e. The van der Waals surface area contributed by atoms with Crippen LogP contribution in [-0.2, 0) is 14.1 Å². The highest BCUT2D eigenvalue weighted by atomic mass is 16.7. The summed E-state index contributed by atoms with van der Waals surface area (Å²) >= 11 is 0. The van der Waals surface area contributed by atoms with Crippen LogP contribution >= 0.6 is 0 Å². The normalized spacial score (nSPS) is 18.7. The van der Waals surface area contributed by atoms with Crippen molar-refractivity contribution in [2.24, 2.45) is 0 Å².